The standard InChI is InChI=1S/C19H22O4/c1-22-18(20)13-12-14-8-6-7-9-15(14)16-10-4-3-5-11-17(16)19(21)23-2/h3-4,6-9,11,16H,5,10,12-13H2,1-2H3. The summed E-state index contributed by atoms with van der Waals surface area (Å²) in [5, 5.41) is 0. The lowest BCUT2D eigenvalue weighted by molar-refractivity contribution is -0.140. The lowest BCUT2D eigenvalue weighted by Gasteiger charge is -2.20. The maximum absolute atomic E-state index is 12.1. The van der Waals surface area contributed by atoms with Gasteiger partial charge in [0, 0.05) is 17.9 Å². The van der Waals surface area contributed by atoms with Crippen molar-refractivity contribution in [3.8, 4) is 0 Å². The number of allylic oxidation sites excluding steroid dienone is 3. The molecule has 1 aromatic rings. The SMILES string of the molecule is COC(=O)CCc1ccccc1C1CC=CCC=C1C(=O)OC. The zero-order valence-corrected chi connectivity index (χ0v) is 13.6. The second-order valence-corrected chi connectivity index (χ2v) is 5.42. The third-order valence-electron chi connectivity index (χ3n) is 4.07. The van der Waals surface area contributed by atoms with Crippen LogP contribution in [-0.4, -0.2) is 26.2 Å². The third kappa shape index (κ3) is 4.31. The Hall–Kier alpha value is -2.36. The van der Waals surface area contributed by atoms with E-state index in [4.69, 9.17) is 9.47 Å². The summed E-state index contributed by atoms with van der Waals surface area (Å²) in [6.07, 6.45) is 8.47. The van der Waals surface area contributed by atoms with Crippen molar-refractivity contribution in [2.45, 2.75) is 31.6 Å². The number of esters is 2. The molecule has 1 aromatic carbocycles. The maximum atomic E-state index is 12.1. The van der Waals surface area contributed by atoms with Gasteiger partial charge < -0.3 is 9.47 Å². The number of benzene rings is 1. The van der Waals surface area contributed by atoms with Gasteiger partial charge in [-0.05, 0) is 30.4 Å². The molecule has 1 aliphatic carbocycles. The van der Waals surface area contributed by atoms with E-state index < -0.39 is 0 Å². The molecule has 0 amide bonds. The van der Waals surface area contributed by atoms with Crippen molar-refractivity contribution in [3.05, 3.63) is 59.2 Å². The first kappa shape index (κ1) is 17.0. The zero-order valence-electron chi connectivity index (χ0n) is 13.6. The minimum atomic E-state index is -0.290. The average molecular weight is 314 g/mol. The highest BCUT2D eigenvalue weighted by Gasteiger charge is 2.25. The predicted octanol–water partition coefficient (Wildman–Crippen LogP) is 3.33. The van der Waals surface area contributed by atoms with Crippen molar-refractivity contribution in [3.63, 3.8) is 0 Å². The van der Waals surface area contributed by atoms with E-state index in [1.807, 2.05) is 30.3 Å². The lowest BCUT2D eigenvalue weighted by atomic mass is 9.84. The van der Waals surface area contributed by atoms with Crippen molar-refractivity contribution in [1.29, 1.82) is 0 Å². The van der Waals surface area contributed by atoms with Crippen LogP contribution < -0.4 is 0 Å². The van der Waals surface area contributed by atoms with E-state index in [2.05, 4.69) is 12.2 Å². The number of aryl methyl sites for hydroxylation is 1. The highest BCUT2D eigenvalue weighted by molar-refractivity contribution is 5.90. The normalized spacial score (nSPS) is 17.1. The predicted molar refractivity (Wildman–Crippen MR) is 88.0 cm³/mol. The topological polar surface area (TPSA) is 52.6 Å². The Morgan fingerprint density at radius 3 is 2.65 bits per heavy atom. The first-order valence-electron chi connectivity index (χ1n) is 7.75. The van der Waals surface area contributed by atoms with Gasteiger partial charge in [0.25, 0.3) is 0 Å². The first-order valence-corrected chi connectivity index (χ1v) is 7.75. The Labute approximate surface area is 136 Å². The molecule has 0 spiro atoms. The molecule has 0 aliphatic heterocycles. The molecule has 1 atom stereocenters. The molecule has 0 bridgehead atoms. The molecular weight excluding hydrogens is 292 g/mol. The second-order valence-electron chi connectivity index (χ2n) is 5.42. The fraction of sp³-hybridized carbons (Fsp3) is 0.368. The molecule has 0 saturated carbocycles. The van der Waals surface area contributed by atoms with Crippen molar-refractivity contribution in [1.82, 2.24) is 0 Å². The highest BCUT2D eigenvalue weighted by Crippen LogP contribution is 2.34. The van der Waals surface area contributed by atoms with Gasteiger partial charge in [-0.2, -0.15) is 0 Å². The monoisotopic (exact) mass is 314 g/mol. The Balaban J connectivity index is 2.32. The minimum Gasteiger partial charge on any atom is -0.469 e. The quantitative estimate of drug-likeness (QED) is 0.618. The van der Waals surface area contributed by atoms with Gasteiger partial charge in [0.2, 0.25) is 0 Å². The fourth-order valence-corrected chi connectivity index (χ4v) is 2.87. The molecule has 0 saturated heterocycles. The van der Waals surface area contributed by atoms with Gasteiger partial charge in [0.05, 0.1) is 14.2 Å². The van der Waals surface area contributed by atoms with Crippen LogP contribution >= 0.6 is 0 Å². The van der Waals surface area contributed by atoms with E-state index in [1.165, 1.54) is 14.2 Å². The summed E-state index contributed by atoms with van der Waals surface area (Å²) < 4.78 is 9.66. The molecule has 4 nitrogen and oxygen atoms in total. The molecule has 1 unspecified atom stereocenters. The van der Waals surface area contributed by atoms with Gasteiger partial charge in [-0.25, -0.2) is 4.79 Å². The Morgan fingerprint density at radius 1 is 1.13 bits per heavy atom. The van der Waals surface area contributed by atoms with Gasteiger partial charge >= 0.3 is 11.9 Å². The summed E-state index contributed by atoms with van der Waals surface area (Å²) >= 11 is 0. The van der Waals surface area contributed by atoms with Crippen molar-refractivity contribution >= 4 is 11.9 Å². The molecule has 0 N–H and O–H groups in total. The molecule has 4 heteroatoms. The van der Waals surface area contributed by atoms with Gasteiger partial charge in [0.15, 0.2) is 0 Å². The van der Waals surface area contributed by atoms with Crippen LogP contribution in [0.2, 0.25) is 0 Å². The number of rotatable bonds is 5. The summed E-state index contributed by atoms with van der Waals surface area (Å²) in [6, 6.07) is 7.93. The van der Waals surface area contributed by atoms with Crippen LogP contribution in [0.3, 0.4) is 0 Å². The Kier molecular flexibility index (Phi) is 6.15. The molecule has 0 fully saturated rings. The van der Waals surface area contributed by atoms with Crippen molar-refractivity contribution < 1.29 is 19.1 Å². The molecular formula is C19H22O4. The van der Waals surface area contributed by atoms with E-state index >= 15 is 0 Å². The van der Waals surface area contributed by atoms with Gasteiger partial charge in [-0.1, -0.05) is 42.5 Å². The Bertz CT molecular complexity index is 628. The summed E-state index contributed by atoms with van der Waals surface area (Å²) in [7, 11) is 2.80. The average Bonchev–Trinajstić information content (AvgIpc) is 2.85. The number of ether oxygens (including phenoxy) is 2. The van der Waals surface area contributed by atoms with Crippen LogP contribution in [0.4, 0.5) is 0 Å². The van der Waals surface area contributed by atoms with Crippen LogP contribution in [0.15, 0.2) is 48.1 Å². The summed E-state index contributed by atoms with van der Waals surface area (Å²) in [5.74, 6) is -0.569. The minimum absolute atomic E-state index is 0.0463. The zero-order chi connectivity index (χ0) is 16.7. The fourth-order valence-electron chi connectivity index (χ4n) is 2.87. The highest BCUT2D eigenvalue weighted by atomic mass is 16.5. The summed E-state index contributed by atoms with van der Waals surface area (Å²) in [4.78, 5) is 23.6. The van der Waals surface area contributed by atoms with E-state index in [0.717, 1.165) is 24.0 Å². The number of hydrogen-bond acceptors (Lipinski definition) is 4. The van der Waals surface area contributed by atoms with E-state index in [0.29, 0.717) is 18.4 Å². The second kappa shape index (κ2) is 8.32. The first-order chi connectivity index (χ1) is 11.2. The van der Waals surface area contributed by atoms with Crippen LogP contribution in [-0.2, 0) is 25.5 Å². The van der Waals surface area contributed by atoms with Crippen molar-refractivity contribution in [2.24, 2.45) is 0 Å². The van der Waals surface area contributed by atoms with Crippen LogP contribution in [0, 0.1) is 0 Å². The molecule has 23 heavy (non-hydrogen) atoms. The largest absolute Gasteiger partial charge is 0.469 e. The molecule has 0 radical (unpaired) electrons. The maximum Gasteiger partial charge on any atom is 0.334 e. The van der Waals surface area contributed by atoms with Gasteiger partial charge in [-0.15, -0.1) is 0 Å². The summed E-state index contributed by atoms with van der Waals surface area (Å²) in [6.45, 7) is 0. The molecule has 0 heterocycles. The van der Waals surface area contributed by atoms with E-state index in [9.17, 15) is 9.59 Å². The molecule has 122 valence electrons. The van der Waals surface area contributed by atoms with E-state index in [1.54, 1.807) is 0 Å². The molecule has 1 aliphatic rings. The smallest absolute Gasteiger partial charge is 0.334 e. The third-order valence-corrected chi connectivity index (χ3v) is 4.07. The molecule has 0 aromatic heterocycles. The number of hydrogen-bond donors (Lipinski definition) is 0. The van der Waals surface area contributed by atoms with Crippen molar-refractivity contribution in [2.75, 3.05) is 14.2 Å². The van der Waals surface area contributed by atoms with Gasteiger partial charge in [-0.3, -0.25) is 4.79 Å². The number of carbonyl (C=O) groups excluding carboxylic acids is 2. The van der Waals surface area contributed by atoms with Gasteiger partial charge in [0.1, 0.15) is 0 Å². The van der Waals surface area contributed by atoms with Crippen LogP contribution in [0.25, 0.3) is 0 Å². The van der Waals surface area contributed by atoms with Crippen LogP contribution in [0.1, 0.15) is 36.3 Å². The Morgan fingerprint density at radius 2 is 1.91 bits per heavy atom. The number of methoxy groups -OCH3 is 2. The van der Waals surface area contributed by atoms with E-state index in [-0.39, 0.29) is 17.9 Å². The summed E-state index contributed by atoms with van der Waals surface area (Å²) in [5.41, 5.74) is 2.82. The van der Waals surface area contributed by atoms with Crippen LogP contribution in [0.5, 0.6) is 0 Å². The number of carbonyl (C=O) groups is 2. The molecule has 2 rings (SSSR count). The lowest BCUT2D eigenvalue weighted by Crippen LogP contribution is -2.15.